The molecule has 0 atom stereocenters. The van der Waals surface area contributed by atoms with Gasteiger partial charge in [-0.2, -0.15) is 0 Å². The summed E-state index contributed by atoms with van der Waals surface area (Å²) in [7, 11) is 0. The van der Waals surface area contributed by atoms with Crippen LogP contribution >= 0.6 is 23.2 Å². The van der Waals surface area contributed by atoms with Gasteiger partial charge < -0.3 is 15.1 Å². The standard InChI is InChI=1S/C24H20Cl2F2N4O3/c25-16-3-1-15(2-4-16)14-29-22-11-17(5-6-23(22)32(34)35)30-7-9-31(10-8-30)24(33)18-12-20(27)21(28)13-19(18)26/h1-6,11-13,29H,7-10,14H2. The van der Waals surface area contributed by atoms with Gasteiger partial charge in [-0.15, -0.1) is 0 Å². The third-order valence-electron chi connectivity index (χ3n) is 5.75. The first-order valence-electron chi connectivity index (χ1n) is 10.7. The number of hydrogen-bond donors (Lipinski definition) is 1. The minimum absolute atomic E-state index is 0.0514. The van der Waals surface area contributed by atoms with Gasteiger partial charge in [0.2, 0.25) is 0 Å². The van der Waals surface area contributed by atoms with Gasteiger partial charge in [-0.3, -0.25) is 14.9 Å². The summed E-state index contributed by atoms with van der Waals surface area (Å²) in [6.07, 6.45) is 0. The van der Waals surface area contributed by atoms with Gasteiger partial charge in [0.25, 0.3) is 11.6 Å². The number of hydrogen-bond acceptors (Lipinski definition) is 5. The average Bonchev–Trinajstić information content (AvgIpc) is 2.85. The van der Waals surface area contributed by atoms with Gasteiger partial charge in [-0.1, -0.05) is 35.3 Å². The van der Waals surface area contributed by atoms with Crippen LogP contribution in [0.3, 0.4) is 0 Å². The summed E-state index contributed by atoms with van der Waals surface area (Å²) in [6, 6.07) is 13.6. The molecule has 3 aromatic carbocycles. The Bertz CT molecular complexity index is 1270. The van der Waals surface area contributed by atoms with Crippen LogP contribution in [0.15, 0.2) is 54.6 Å². The predicted molar refractivity (Wildman–Crippen MR) is 131 cm³/mol. The van der Waals surface area contributed by atoms with E-state index >= 15 is 0 Å². The van der Waals surface area contributed by atoms with Crippen LogP contribution in [0.2, 0.25) is 10.0 Å². The molecular weight excluding hydrogens is 501 g/mol. The summed E-state index contributed by atoms with van der Waals surface area (Å²) < 4.78 is 27.0. The highest BCUT2D eigenvalue weighted by Crippen LogP contribution is 2.31. The van der Waals surface area contributed by atoms with Crippen molar-refractivity contribution >= 4 is 46.2 Å². The van der Waals surface area contributed by atoms with Crippen LogP contribution in [0.5, 0.6) is 0 Å². The van der Waals surface area contributed by atoms with Crippen molar-refractivity contribution < 1.29 is 18.5 Å². The molecule has 1 aliphatic rings. The van der Waals surface area contributed by atoms with E-state index in [2.05, 4.69) is 5.32 Å². The lowest BCUT2D eigenvalue weighted by Gasteiger charge is -2.36. The van der Waals surface area contributed by atoms with Crippen LogP contribution in [0.25, 0.3) is 0 Å². The molecular formula is C24H20Cl2F2N4O3. The number of nitrogens with zero attached hydrogens (tertiary/aromatic N) is 3. The topological polar surface area (TPSA) is 78.7 Å². The van der Waals surface area contributed by atoms with E-state index in [1.165, 1.54) is 11.0 Å². The molecule has 182 valence electrons. The van der Waals surface area contributed by atoms with Crippen LogP contribution in [0.1, 0.15) is 15.9 Å². The van der Waals surface area contributed by atoms with Gasteiger partial charge in [-0.05, 0) is 42.0 Å². The van der Waals surface area contributed by atoms with E-state index in [-0.39, 0.29) is 16.3 Å². The Labute approximate surface area is 210 Å². The van der Waals surface area contributed by atoms with Crippen LogP contribution in [-0.4, -0.2) is 41.9 Å². The fourth-order valence-electron chi connectivity index (χ4n) is 3.85. The first kappa shape index (κ1) is 24.7. The molecule has 7 nitrogen and oxygen atoms in total. The Hall–Kier alpha value is -3.43. The molecule has 35 heavy (non-hydrogen) atoms. The van der Waals surface area contributed by atoms with Crippen LogP contribution in [0.4, 0.5) is 25.8 Å². The third-order valence-corrected chi connectivity index (χ3v) is 6.31. The molecule has 1 saturated heterocycles. The zero-order chi connectivity index (χ0) is 25.1. The number of nitrogens with one attached hydrogen (secondary N) is 1. The fourth-order valence-corrected chi connectivity index (χ4v) is 4.20. The van der Waals surface area contributed by atoms with Gasteiger partial charge in [0, 0.05) is 49.5 Å². The minimum Gasteiger partial charge on any atom is -0.375 e. The Balaban J connectivity index is 1.45. The molecule has 0 aromatic heterocycles. The highest BCUT2D eigenvalue weighted by molar-refractivity contribution is 6.33. The van der Waals surface area contributed by atoms with E-state index in [0.29, 0.717) is 43.4 Å². The number of halogens is 4. The van der Waals surface area contributed by atoms with Crippen LogP contribution in [-0.2, 0) is 6.54 Å². The van der Waals surface area contributed by atoms with Gasteiger partial charge >= 0.3 is 0 Å². The predicted octanol–water partition coefficient (Wildman–Crippen LogP) is 5.75. The van der Waals surface area contributed by atoms with Crippen molar-refractivity contribution in [3.8, 4) is 0 Å². The Morgan fingerprint density at radius 3 is 2.29 bits per heavy atom. The molecule has 0 bridgehead atoms. The molecule has 1 aliphatic heterocycles. The second-order valence-corrected chi connectivity index (χ2v) is 8.81. The normalized spacial score (nSPS) is 13.6. The molecule has 1 N–H and O–H groups in total. The lowest BCUT2D eigenvalue weighted by Crippen LogP contribution is -2.48. The Kier molecular flexibility index (Phi) is 7.37. The van der Waals surface area contributed by atoms with E-state index in [1.807, 2.05) is 17.0 Å². The molecule has 0 aliphatic carbocycles. The number of nitro benzene ring substituents is 1. The summed E-state index contributed by atoms with van der Waals surface area (Å²) in [4.78, 5) is 27.4. The Morgan fingerprint density at radius 2 is 1.63 bits per heavy atom. The summed E-state index contributed by atoms with van der Waals surface area (Å²) >= 11 is 11.9. The van der Waals surface area contributed by atoms with E-state index in [4.69, 9.17) is 23.2 Å². The highest BCUT2D eigenvalue weighted by Gasteiger charge is 2.26. The smallest absolute Gasteiger partial charge is 0.292 e. The molecule has 0 radical (unpaired) electrons. The van der Waals surface area contributed by atoms with Crippen molar-refractivity contribution in [3.05, 3.63) is 97.5 Å². The van der Waals surface area contributed by atoms with Gasteiger partial charge in [0.15, 0.2) is 11.6 Å². The lowest BCUT2D eigenvalue weighted by molar-refractivity contribution is -0.384. The zero-order valence-electron chi connectivity index (χ0n) is 18.3. The largest absolute Gasteiger partial charge is 0.375 e. The zero-order valence-corrected chi connectivity index (χ0v) is 19.8. The van der Waals surface area contributed by atoms with E-state index in [0.717, 1.165) is 23.4 Å². The van der Waals surface area contributed by atoms with E-state index < -0.39 is 22.5 Å². The molecule has 0 saturated carbocycles. The third kappa shape index (κ3) is 5.63. The number of anilines is 2. The second-order valence-electron chi connectivity index (χ2n) is 7.96. The number of carbonyl (C=O) groups is 1. The SMILES string of the molecule is O=C(c1cc(F)c(F)cc1Cl)N1CCN(c2ccc([N+](=O)[O-])c(NCc3ccc(Cl)cc3)c2)CC1. The lowest BCUT2D eigenvalue weighted by atomic mass is 10.1. The fraction of sp³-hybridized carbons (Fsp3) is 0.208. The first-order chi connectivity index (χ1) is 16.7. The maximum atomic E-state index is 13.6. The van der Waals surface area contributed by atoms with Crippen molar-refractivity contribution in [3.63, 3.8) is 0 Å². The molecule has 3 aromatic rings. The van der Waals surface area contributed by atoms with Crippen LogP contribution in [0, 0.1) is 21.7 Å². The van der Waals surface area contributed by atoms with Crippen molar-refractivity contribution in [1.82, 2.24) is 4.90 Å². The molecule has 1 amide bonds. The van der Waals surface area contributed by atoms with Crippen molar-refractivity contribution in [2.45, 2.75) is 6.54 Å². The molecule has 1 heterocycles. The van der Waals surface area contributed by atoms with Gasteiger partial charge in [0.1, 0.15) is 5.69 Å². The second kappa shape index (κ2) is 10.5. The molecule has 4 rings (SSSR count). The monoisotopic (exact) mass is 520 g/mol. The molecule has 0 unspecified atom stereocenters. The molecule has 0 spiro atoms. The number of carbonyl (C=O) groups excluding carboxylic acids is 1. The average molecular weight is 521 g/mol. The maximum Gasteiger partial charge on any atom is 0.292 e. The van der Waals surface area contributed by atoms with E-state index in [1.54, 1.807) is 24.3 Å². The summed E-state index contributed by atoms with van der Waals surface area (Å²) in [6.45, 7) is 1.90. The molecule has 11 heteroatoms. The number of rotatable bonds is 6. The number of amides is 1. The van der Waals surface area contributed by atoms with E-state index in [9.17, 15) is 23.7 Å². The summed E-state index contributed by atoms with van der Waals surface area (Å²) in [5.74, 6) is -2.74. The highest BCUT2D eigenvalue weighted by atomic mass is 35.5. The van der Waals surface area contributed by atoms with Crippen LogP contribution < -0.4 is 10.2 Å². The number of nitro groups is 1. The summed E-state index contributed by atoms with van der Waals surface area (Å²) in [5, 5.41) is 15.1. The number of benzene rings is 3. The van der Waals surface area contributed by atoms with Crippen molar-refractivity contribution in [2.24, 2.45) is 0 Å². The minimum atomic E-state index is -1.14. The first-order valence-corrected chi connectivity index (χ1v) is 11.4. The molecule has 1 fully saturated rings. The Morgan fingerprint density at radius 1 is 0.971 bits per heavy atom. The maximum absolute atomic E-state index is 13.6. The summed E-state index contributed by atoms with van der Waals surface area (Å²) in [5.41, 5.74) is 1.89. The van der Waals surface area contributed by atoms with Gasteiger partial charge in [0.05, 0.1) is 15.5 Å². The van der Waals surface area contributed by atoms with Crippen molar-refractivity contribution in [1.29, 1.82) is 0 Å². The van der Waals surface area contributed by atoms with Crippen molar-refractivity contribution in [2.75, 3.05) is 36.4 Å². The van der Waals surface area contributed by atoms with Gasteiger partial charge in [-0.25, -0.2) is 8.78 Å². The number of piperazine rings is 1. The quantitative estimate of drug-likeness (QED) is 0.254.